The molecule has 0 bridgehead atoms. The Morgan fingerprint density at radius 2 is 2.27 bits per heavy atom. The lowest BCUT2D eigenvalue weighted by Gasteiger charge is -2.26. The van der Waals surface area contributed by atoms with Crippen molar-refractivity contribution in [3.8, 4) is 5.75 Å². The molecule has 0 spiro atoms. The van der Waals surface area contributed by atoms with Crippen LogP contribution in [-0.4, -0.2) is 30.3 Å². The van der Waals surface area contributed by atoms with Crippen molar-refractivity contribution in [2.24, 2.45) is 0 Å². The Kier molecular flexibility index (Phi) is 2.93. The minimum atomic E-state index is -0.270. The third kappa shape index (κ3) is 2.30. The van der Waals surface area contributed by atoms with Crippen molar-refractivity contribution < 1.29 is 14.6 Å². The normalized spacial score (nSPS) is 15.8. The van der Waals surface area contributed by atoms with Gasteiger partial charge >= 0.3 is 0 Å². The first kappa shape index (κ1) is 10.4. The molecule has 80 valence electrons. The van der Waals surface area contributed by atoms with Crippen LogP contribution in [0.25, 0.3) is 0 Å². The standard InChI is InChI=1S/C10H10BrNO3/c11-6-1-2-8(9(13)3-6)10(14)12-7-4-15-5-7/h1-3,7,13H,4-5H2,(H,12,14). The molecule has 0 aliphatic carbocycles. The Morgan fingerprint density at radius 3 is 2.80 bits per heavy atom. The van der Waals surface area contributed by atoms with Crippen LogP contribution in [-0.2, 0) is 4.74 Å². The number of amides is 1. The summed E-state index contributed by atoms with van der Waals surface area (Å²) in [6.07, 6.45) is 0. The second-order valence-corrected chi connectivity index (χ2v) is 4.28. The van der Waals surface area contributed by atoms with E-state index >= 15 is 0 Å². The highest BCUT2D eigenvalue weighted by Gasteiger charge is 2.22. The molecule has 1 heterocycles. The van der Waals surface area contributed by atoms with Crippen LogP contribution in [0, 0.1) is 0 Å². The summed E-state index contributed by atoms with van der Waals surface area (Å²) >= 11 is 3.21. The molecule has 1 aliphatic heterocycles. The highest BCUT2D eigenvalue weighted by Crippen LogP contribution is 2.22. The van der Waals surface area contributed by atoms with E-state index in [0.29, 0.717) is 13.2 Å². The maximum Gasteiger partial charge on any atom is 0.255 e. The first-order valence-corrected chi connectivity index (χ1v) is 5.33. The average molecular weight is 272 g/mol. The first-order valence-electron chi connectivity index (χ1n) is 4.54. The van der Waals surface area contributed by atoms with Crippen LogP contribution in [0.2, 0.25) is 0 Å². The van der Waals surface area contributed by atoms with E-state index < -0.39 is 0 Å². The van der Waals surface area contributed by atoms with Gasteiger partial charge in [-0.05, 0) is 18.2 Å². The van der Waals surface area contributed by atoms with Crippen LogP contribution in [0.5, 0.6) is 5.75 Å². The zero-order valence-corrected chi connectivity index (χ0v) is 9.45. The number of hydrogen-bond acceptors (Lipinski definition) is 3. The molecule has 15 heavy (non-hydrogen) atoms. The van der Waals surface area contributed by atoms with E-state index in [1.54, 1.807) is 12.1 Å². The van der Waals surface area contributed by atoms with Gasteiger partial charge in [-0.3, -0.25) is 4.79 Å². The predicted molar refractivity (Wildman–Crippen MR) is 57.9 cm³/mol. The molecule has 2 N–H and O–H groups in total. The van der Waals surface area contributed by atoms with Gasteiger partial charge in [0.2, 0.25) is 0 Å². The maximum absolute atomic E-state index is 11.6. The summed E-state index contributed by atoms with van der Waals surface area (Å²) in [5, 5.41) is 12.3. The number of carbonyl (C=O) groups is 1. The number of phenolic OH excluding ortho intramolecular Hbond substituents is 1. The summed E-state index contributed by atoms with van der Waals surface area (Å²) in [5.41, 5.74) is 0.283. The molecule has 0 atom stereocenters. The molecule has 4 nitrogen and oxygen atoms in total. The zero-order chi connectivity index (χ0) is 10.8. The predicted octanol–water partition coefficient (Wildman–Crippen LogP) is 1.28. The summed E-state index contributed by atoms with van der Waals surface area (Å²) in [6, 6.07) is 4.85. The molecule has 0 saturated carbocycles. The van der Waals surface area contributed by atoms with Crippen molar-refractivity contribution in [3.05, 3.63) is 28.2 Å². The molecule has 5 heteroatoms. The second-order valence-electron chi connectivity index (χ2n) is 3.37. The fourth-order valence-electron chi connectivity index (χ4n) is 1.28. The van der Waals surface area contributed by atoms with Crippen LogP contribution in [0.15, 0.2) is 22.7 Å². The topological polar surface area (TPSA) is 58.6 Å². The highest BCUT2D eigenvalue weighted by atomic mass is 79.9. The molecule has 1 aliphatic rings. The molecule has 1 saturated heterocycles. The van der Waals surface area contributed by atoms with E-state index in [1.165, 1.54) is 6.07 Å². The van der Waals surface area contributed by atoms with Gasteiger partial charge in [-0.15, -0.1) is 0 Å². The van der Waals surface area contributed by atoms with E-state index in [2.05, 4.69) is 21.2 Å². The van der Waals surface area contributed by atoms with Crippen molar-refractivity contribution >= 4 is 21.8 Å². The van der Waals surface area contributed by atoms with Gasteiger partial charge in [-0.2, -0.15) is 0 Å². The molecule has 0 radical (unpaired) electrons. The Labute approximate surface area is 95.4 Å². The summed E-state index contributed by atoms with van der Waals surface area (Å²) in [4.78, 5) is 11.6. The van der Waals surface area contributed by atoms with E-state index in [9.17, 15) is 9.90 Å². The molecule has 0 unspecified atom stereocenters. The summed E-state index contributed by atoms with van der Waals surface area (Å²) in [7, 11) is 0. The number of aromatic hydroxyl groups is 1. The molecule has 2 rings (SSSR count). The third-order valence-corrected chi connectivity index (χ3v) is 2.67. The smallest absolute Gasteiger partial charge is 0.255 e. The molecule has 1 fully saturated rings. The van der Waals surface area contributed by atoms with E-state index in [4.69, 9.17) is 4.74 Å². The summed E-state index contributed by atoms with van der Waals surface area (Å²) in [5.74, 6) is -0.296. The fraction of sp³-hybridized carbons (Fsp3) is 0.300. The number of halogens is 1. The van der Waals surface area contributed by atoms with Crippen molar-refractivity contribution in [2.45, 2.75) is 6.04 Å². The molecular weight excluding hydrogens is 262 g/mol. The highest BCUT2D eigenvalue weighted by molar-refractivity contribution is 9.10. The minimum absolute atomic E-state index is 0.0258. The second kappa shape index (κ2) is 4.20. The Morgan fingerprint density at radius 1 is 1.53 bits per heavy atom. The Bertz CT molecular complexity index is 390. The third-order valence-electron chi connectivity index (χ3n) is 2.18. The minimum Gasteiger partial charge on any atom is -0.507 e. The maximum atomic E-state index is 11.6. The SMILES string of the molecule is O=C(NC1COC1)c1ccc(Br)cc1O. The van der Waals surface area contributed by atoms with Gasteiger partial charge in [-0.25, -0.2) is 0 Å². The van der Waals surface area contributed by atoms with Crippen LogP contribution < -0.4 is 5.32 Å². The van der Waals surface area contributed by atoms with Gasteiger partial charge in [0.15, 0.2) is 0 Å². The Hall–Kier alpha value is -1.07. The van der Waals surface area contributed by atoms with Crippen LogP contribution in [0.3, 0.4) is 0 Å². The zero-order valence-electron chi connectivity index (χ0n) is 7.87. The number of nitrogens with one attached hydrogen (secondary N) is 1. The quantitative estimate of drug-likeness (QED) is 0.852. The van der Waals surface area contributed by atoms with Gasteiger partial charge in [0.05, 0.1) is 24.8 Å². The molecule has 1 amide bonds. The molecular formula is C10H10BrNO3. The Balaban J connectivity index is 2.10. The van der Waals surface area contributed by atoms with E-state index in [1.807, 2.05) is 0 Å². The van der Waals surface area contributed by atoms with Crippen molar-refractivity contribution in [1.82, 2.24) is 5.32 Å². The van der Waals surface area contributed by atoms with Crippen LogP contribution in [0.4, 0.5) is 0 Å². The number of phenols is 1. The van der Waals surface area contributed by atoms with Gasteiger partial charge < -0.3 is 15.2 Å². The van der Waals surface area contributed by atoms with Crippen molar-refractivity contribution in [3.63, 3.8) is 0 Å². The van der Waals surface area contributed by atoms with Gasteiger partial charge in [0.1, 0.15) is 5.75 Å². The number of ether oxygens (including phenoxy) is 1. The lowest BCUT2D eigenvalue weighted by molar-refractivity contribution is -0.00350. The van der Waals surface area contributed by atoms with Crippen molar-refractivity contribution in [2.75, 3.05) is 13.2 Å². The molecule has 1 aromatic carbocycles. The fourth-order valence-corrected chi connectivity index (χ4v) is 1.63. The lowest BCUT2D eigenvalue weighted by Crippen LogP contribution is -2.48. The number of benzene rings is 1. The number of rotatable bonds is 2. The summed E-state index contributed by atoms with van der Waals surface area (Å²) < 4.78 is 5.68. The van der Waals surface area contributed by atoms with Gasteiger partial charge in [0, 0.05) is 4.47 Å². The van der Waals surface area contributed by atoms with E-state index in [-0.39, 0.29) is 23.3 Å². The first-order chi connectivity index (χ1) is 7.16. The average Bonchev–Trinajstić information content (AvgIpc) is 2.11. The van der Waals surface area contributed by atoms with Crippen molar-refractivity contribution in [1.29, 1.82) is 0 Å². The largest absolute Gasteiger partial charge is 0.507 e. The molecule has 0 aromatic heterocycles. The van der Waals surface area contributed by atoms with Crippen LogP contribution >= 0.6 is 15.9 Å². The van der Waals surface area contributed by atoms with Gasteiger partial charge in [-0.1, -0.05) is 15.9 Å². The lowest BCUT2D eigenvalue weighted by atomic mass is 10.1. The van der Waals surface area contributed by atoms with Gasteiger partial charge in [0.25, 0.3) is 5.91 Å². The van der Waals surface area contributed by atoms with E-state index in [0.717, 1.165) is 4.47 Å². The number of carbonyl (C=O) groups excluding carboxylic acids is 1. The van der Waals surface area contributed by atoms with Crippen LogP contribution in [0.1, 0.15) is 10.4 Å². The molecule has 1 aromatic rings. The monoisotopic (exact) mass is 271 g/mol. The summed E-state index contributed by atoms with van der Waals surface area (Å²) in [6.45, 7) is 1.09. The number of hydrogen-bond donors (Lipinski definition) is 2.